The van der Waals surface area contributed by atoms with Crippen LogP contribution in [0.15, 0.2) is 42.6 Å². The van der Waals surface area contributed by atoms with Crippen molar-refractivity contribution >= 4 is 0 Å². The van der Waals surface area contributed by atoms with E-state index in [0.29, 0.717) is 6.61 Å². The van der Waals surface area contributed by atoms with E-state index in [1.165, 1.54) is 11.1 Å². The molecule has 3 nitrogen and oxygen atoms in total. The molecule has 2 aliphatic rings. The van der Waals surface area contributed by atoms with Crippen molar-refractivity contribution in [3.63, 3.8) is 0 Å². The van der Waals surface area contributed by atoms with Crippen molar-refractivity contribution in [2.24, 2.45) is 5.92 Å². The molecular weight excluding hydrogens is 262 g/mol. The molecule has 1 aliphatic carbocycles. The lowest BCUT2D eigenvalue weighted by molar-refractivity contribution is 0.0437. The Morgan fingerprint density at radius 1 is 1.14 bits per heavy atom. The van der Waals surface area contributed by atoms with Crippen LogP contribution in [0.2, 0.25) is 0 Å². The molecule has 3 heteroatoms. The van der Waals surface area contributed by atoms with Crippen molar-refractivity contribution in [3.05, 3.63) is 59.4 Å². The number of ether oxygens (including phenoxy) is 1. The third-order valence-corrected chi connectivity index (χ3v) is 4.80. The van der Waals surface area contributed by atoms with Gasteiger partial charge >= 0.3 is 0 Å². The molecule has 3 unspecified atom stereocenters. The molecule has 2 heterocycles. The number of pyridine rings is 1. The number of nitrogens with zero attached hydrogens (tertiary/aromatic N) is 1. The fourth-order valence-corrected chi connectivity index (χ4v) is 3.68. The lowest BCUT2D eigenvalue weighted by atomic mass is 9.84. The summed E-state index contributed by atoms with van der Waals surface area (Å²) in [6.45, 7) is 0.594. The molecule has 1 aliphatic heterocycles. The van der Waals surface area contributed by atoms with Crippen LogP contribution in [0.1, 0.15) is 29.2 Å². The van der Waals surface area contributed by atoms with Crippen LogP contribution in [-0.2, 0) is 12.8 Å². The number of aromatic nitrogens is 1. The number of benzene rings is 1. The Kier molecular flexibility index (Phi) is 3.15. The second-order valence-electron chi connectivity index (χ2n) is 6.07. The zero-order valence-electron chi connectivity index (χ0n) is 11.9. The molecule has 21 heavy (non-hydrogen) atoms. The second kappa shape index (κ2) is 5.15. The summed E-state index contributed by atoms with van der Waals surface area (Å²) in [5, 5.41) is 10.8. The van der Waals surface area contributed by atoms with E-state index in [2.05, 4.69) is 17.1 Å². The van der Waals surface area contributed by atoms with Gasteiger partial charge in [-0.25, -0.2) is 0 Å². The highest BCUT2D eigenvalue weighted by Gasteiger charge is 2.36. The first-order valence-corrected chi connectivity index (χ1v) is 7.65. The number of hydrogen-bond donors (Lipinski definition) is 1. The number of para-hydroxylation sites is 1. The van der Waals surface area contributed by atoms with Gasteiger partial charge in [0.25, 0.3) is 0 Å². The molecule has 4 rings (SSSR count). The highest BCUT2D eigenvalue weighted by molar-refractivity contribution is 5.36. The van der Waals surface area contributed by atoms with E-state index in [1.54, 1.807) is 0 Å². The van der Waals surface area contributed by atoms with Crippen molar-refractivity contribution < 1.29 is 9.84 Å². The van der Waals surface area contributed by atoms with Crippen molar-refractivity contribution in [2.45, 2.75) is 31.3 Å². The SMILES string of the molecule is OC(C1COc2ccccc2C1)C1CCc2cccnc21. The van der Waals surface area contributed by atoms with Gasteiger partial charge in [-0.15, -0.1) is 0 Å². The van der Waals surface area contributed by atoms with Crippen molar-refractivity contribution in [3.8, 4) is 5.75 Å². The van der Waals surface area contributed by atoms with Gasteiger partial charge in [0.2, 0.25) is 0 Å². The minimum Gasteiger partial charge on any atom is -0.493 e. The molecule has 0 amide bonds. The molecule has 1 aromatic carbocycles. The fraction of sp³-hybridized carbons (Fsp3) is 0.389. The second-order valence-corrected chi connectivity index (χ2v) is 6.07. The maximum atomic E-state index is 10.8. The third kappa shape index (κ3) is 2.22. The summed E-state index contributed by atoms with van der Waals surface area (Å²) in [4.78, 5) is 4.50. The van der Waals surface area contributed by atoms with Gasteiger partial charge in [0.05, 0.1) is 12.7 Å². The van der Waals surface area contributed by atoms with Gasteiger partial charge < -0.3 is 9.84 Å². The van der Waals surface area contributed by atoms with Gasteiger partial charge in [-0.1, -0.05) is 24.3 Å². The molecule has 0 saturated carbocycles. The van der Waals surface area contributed by atoms with Crippen molar-refractivity contribution in [1.82, 2.24) is 4.98 Å². The average molecular weight is 281 g/mol. The highest BCUT2D eigenvalue weighted by Crippen LogP contribution is 2.39. The number of fused-ring (bicyclic) bond motifs is 2. The first-order valence-electron chi connectivity index (χ1n) is 7.65. The molecule has 0 radical (unpaired) electrons. The molecule has 0 spiro atoms. The van der Waals surface area contributed by atoms with Crippen LogP contribution in [0.3, 0.4) is 0 Å². The van der Waals surface area contributed by atoms with Crippen LogP contribution < -0.4 is 4.74 Å². The van der Waals surface area contributed by atoms with E-state index < -0.39 is 0 Å². The van der Waals surface area contributed by atoms with E-state index in [9.17, 15) is 5.11 Å². The first kappa shape index (κ1) is 12.8. The molecule has 2 aromatic rings. The molecule has 0 bridgehead atoms. The smallest absolute Gasteiger partial charge is 0.122 e. The quantitative estimate of drug-likeness (QED) is 0.920. The molecule has 3 atom stereocenters. The number of aliphatic hydroxyl groups is 1. The summed E-state index contributed by atoms with van der Waals surface area (Å²) in [6.07, 6.45) is 4.35. The van der Waals surface area contributed by atoms with E-state index in [1.807, 2.05) is 30.5 Å². The van der Waals surface area contributed by atoms with Crippen LogP contribution in [0.5, 0.6) is 5.75 Å². The summed E-state index contributed by atoms with van der Waals surface area (Å²) in [5.74, 6) is 1.27. The van der Waals surface area contributed by atoms with Crippen molar-refractivity contribution in [1.29, 1.82) is 0 Å². The third-order valence-electron chi connectivity index (χ3n) is 4.80. The van der Waals surface area contributed by atoms with E-state index >= 15 is 0 Å². The van der Waals surface area contributed by atoms with Gasteiger partial charge in [-0.3, -0.25) is 4.98 Å². The number of hydrogen-bond acceptors (Lipinski definition) is 3. The summed E-state index contributed by atoms with van der Waals surface area (Å²) in [7, 11) is 0. The zero-order valence-corrected chi connectivity index (χ0v) is 11.9. The largest absolute Gasteiger partial charge is 0.493 e. The van der Waals surface area contributed by atoms with Crippen LogP contribution in [-0.4, -0.2) is 22.8 Å². The number of aryl methyl sites for hydroxylation is 1. The maximum Gasteiger partial charge on any atom is 0.122 e. The predicted octanol–water partition coefficient (Wildman–Crippen LogP) is 2.72. The minimum absolute atomic E-state index is 0.151. The molecule has 1 aromatic heterocycles. The van der Waals surface area contributed by atoms with Gasteiger partial charge in [-0.05, 0) is 42.5 Å². The summed E-state index contributed by atoms with van der Waals surface area (Å²) < 4.78 is 5.82. The Morgan fingerprint density at radius 3 is 2.95 bits per heavy atom. The van der Waals surface area contributed by atoms with Crippen LogP contribution >= 0.6 is 0 Å². The average Bonchev–Trinajstić information content (AvgIpc) is 2.98. The van der Waals surface area contributed by atoms with Gasteiger partial charge in [-0.2, -0.15) is 0 Å². The maximum absolute atomic E-state index is 10.8. The van der Waals surface area contributed by atoms with E-state index in [-0.39, 0.29) is 17.9 Å². The van der Waals surface area contributed by atoms with E-state index in [0.717, 1.165) is 30.7 Å². The summed E-state index contributed by atoms with van der Waals surface area (Å²) in [6, 6.07) is 12.2. The fourth-order valence-electron chi connectivity index (χ4n) is 3.68. The lowest BCUT2D eigenvalue weighted by Gasteiger charge is -2.31. The number of aliphatic hydroxyl groups excluding tert-OH is 1. The monoisotopic (exact) mass is 281 g/mol. The van der Waals surface area contributed by atoms with Gasteiger partial charge in [0, 0.05) is 23.7 Å². The zero-order chi connectivity index (χ0) is 14.2. The van der Waals surface area contributed by atoms with Crippen molar-refractivity contribution in [2.75, 3.05) is 6.61 Å². The Hall–Kier alpha value is -1.87. The Balaban J connectivity index is 1.56. The minimum atomic E-state index is -0.380. The molecular formula is C18H19NO2. The summed E-state index contributed by atoms with van der Waals surface area (Å²) in [5.41, 5.74) is 3.58. The Bertz CT molecular complexity index is 655. The van der Waals surface area contributed by atoms with Crippen LogP contribution in [0, 0.1) is 5.92 Å². The Morgan fingerprint density at radius 2 is 2.00 bits per heavy atom. The molecule has 0 saturated heterocycles. The van der Waals surface area contributed by atoms with Crippen LogP contribution in [0.4, 0.5) is 0 Å². The highest BCUT2D eigenvalue weighted by atomic mass is 16.5. The molecule has 1 N–H and O–H groups in total. The predicted molar refractivity (Wildman–Crippen MR) is 80.4 cm³/mol. The lowest BCUT2D eigenvalue weighted by Crippen LogP contribution is -2.35. The van der Waals surface area contributed by atoms with Gasteiger partial charge in [0.15, 0.2) is 0 Å². The van der Waals surface area contributed by atoms with Gasteiger partial charge in [0.1, 0.15) is 5.75 Å². The normalized spacial score (nSPS) is 24.8. The van der Waals surface area contributed by atoms with Crippen LogP contribution in [0.25, 0.3) is 0 Å². The first-order chi connectivity index (χ1) is 10.3. The van der Waals surface area contributed by atoms with E-state index in [4.69, 9.17) is 4.74 Å². The number of rotatable bonds is 2. The standard InChI is InChI=1S/C18H19NO2/c20-18(15-8-7-12-5-3-9-19-17(12)15)14-10-13-4-1-2-6-16(13)21-11-14/h1-6,9,14-15,18,20H,7-8,10-11H2. The molecule has 108 valence electrons. The molecule has 0 fully saturated rings. The summed E-state index contributed by atoms with van der Waals surface area (Å²) >= 11 is 0. The Labute approximate surface area is 124 Å². The topological polar surface area (TPSA) is 42.4 Å².